The summed E-state index contributed by atoms with van der Waals surface area (Å²) in [5.41, 5.74) is 3.08. The number of urea groups is 1. The van der Waals surface area contributed by atoms with Gasteiger partial charge in [0.15, 0.2) is 11.5 Å². The van der Waals surface area contributed by atoms with Crippen molar-refractivity contribution in [3.05, 3.63) is 48.0 Å². The highest BCUT2D eigenvalue weighted by atomic mass is 16.6. The number of piperidine rings is 1. The maximum absolute atomic E-state index is 12.5. The molecule has 1 N–H and O–H groups in total. The summed E-state index contributed by atoms with van der Waals surface area (Å²) >= 11 is 0. The van der Waals surface area contributed by atoms with Crippen LogP contribution in [0.2, 0.25) is 0 Å². The molecule has 6 nitrogen and oxygen atoms in total. The highest BCUT2D eigenvalue weighted by Crippen LogP contribution is 2.32. The van der Waals surface area contributed by atoms with Crippen molar-refractivity contribution < 1.29 is 14.3 Å². The van der Waals surface area contributed by atoms with Crippen LogP contribution in [0.25, 0.3) is 0 Å². The van der Waals surface area contributed by atoms with Crippen molar-refractivity contribution in [2.24, 2.45) is 0 Å². The number of carbonyl (C=O) groups excluding carboxylic acids is 1. The molecule has 148 valence electrons. The monoisotopic (exact) mass is 381 g/mol. The van der Waals surface area contributed by atoms with Gasteiger partial charge in [-0.2, -0.15) is 0 Å². The molecular weight excluding hydrogens is 354 g/mol. The van der Waals surface area contributed by atoms with Crippen LogP contribution in [-0.2, 0) is 6.54 Å². The van der Waals surface area contributed by atoms with Gasteiger partial charge >= 0.3 is 6.03 Å². The second-order valence-electron chi connectivity index (χ2n) is 7.36. The van der Waals surface area contributed by atoms with Gasteiger partial charge < -0.3 is 24.6 Å². The summed E-state index contributed by atoms with van der Waals surface area (Å²) in [5, 5.41) is 2.92. The Morgan fingerprint density at radius 2 is 1.71 bits per heavy atom. The number of fused-ring (bicyclic) bond motifs is 1. The third-order valence-electron chi connectivity index (χ3n) is 5.22. The first-order valence-corrected chi connectivity index (χ1v) is 9.95. The maximum Gasteiger partial charge on any atom is 0.321 e. The third kappa shape index (κ3) is 4.32. The van der Waals surface area contributed by atoms with Crippen LogP contribution in [0.4, 0.5) is 16.2 Å². The summed E-state index contributed by atoms with van der Waals surface area (Å²) in [7, 11) is 1.80. The normalized spacial score (nSPS) is 15.8. The van der Waals surface area contributed by atoms with Crippen molar-refractivity contribution in [1.82, 2.24) is 4.90 Å². The number of carbonyl (C=O) groups is 1. The van der Waals surface area contributed by atoms with Gasteiger partial charge in [-0.05, 0) is 49.1 Å². The summed E-state index contributed by atoms with van der Waals surface area (Å²) in [6.07, 6.45) is 3.87. The molecule has 2 heterocycles. The molecule has 0 spiro atoms. The summed E-state index contributed by atoms with van der Waals surface area (Å²) < 4.78 is 11.1. The minimum atomic E-state index is -0.156. The Hall–Kier alpha value is -2.89. The van der Waals surface area contributed by atoms with Crippen molar-refractivity contribution in [2.45, 2.75) is 25.8 Å². The first kappa shape index (κ1) is 18.5. The molecule has 0 unspecified atom stereocenters. The lowest BCUT2D eigenvalue weighted by atomic mass is 10.1. The molecule has 2 amide bonds. The zero-order chi connectivity index (χ0) is 19.3. The molecule has 0 radical (unpaired) electrons. The van der Waals surface area contributed by atoms with Crippen LogP contribution in [0.3, 0.4) is 0 Å². The predicted octanol–water partition coefficient (Wildman–Crippen LogP) is 4.11. The Kier molecular flexibility index (Phi) is 5.55. The molecule has 2 aromatic carbocycles. The number of hydrogen-bond donors (Lipinski definition) is 1. The van der Waals surface area contributed by atoms with Gasteiger partial charge in [0, 0.05) is 44.1 Å². The molecule has 1 saturated heterocycles. The molecule has 0 atom stereocenters. The number of ether oxygens (including phenoxy) is 2. The number of amides is 2. The zero-order valence-corrected chi connectivity index (χ0v) is 16.3. The van der Waals surface area contributed by atoms with Gasteiger partial charge in [0.25, 0.3) is 0 Å². The lowest BCUT2D eigenvalue weighted by Gasteiger charge is -2.29. The molecule has 2 aromatic rings. The molecule has 2 aliphatic rings. The Balaban J connectivity index is 1.34. The van der Waals surface area contributed by atoms with Gasteiger partial charge in [-0.1, -0.05) is 12.1 Å². The number of rotatable bonds is 4. The summed E-state index contributed by atoms with van der Waals surface area (Å²) in [6, 6.07) is 13.8. The van der Waals surface area contributed by atoms with E-state index >= 15 is 0 Å². The first-order chi connectivity index (χ1) is 13.7. The minimum absolute atomic E-state index is 0.156. The Labute approximate surface area is 166 Å². The van der Waals surface area contributed by atoms with Gasteiger partial charge in [-0.3, -0.25) is 0 Å². The van der Waals surface area contributed by atoms with E-state index in [1.54, 1.807) is 18.0 Å². The van der Waals surface area contributed by atoms with Crippen molar-refractivity contribution in [3.8, 4) is 11.5 Å². The second-order valence-corrected chi connectivity index (χ2v) is 7.36. The largest absolute Gasteiger partial charge is 0.486 e. The summed E-state index contributed by atoms with van der Waals surface area (Å²) in [6.45, 7) is 3.90. The second kappa shape index (κ2) is 8.42. The number of anilines is 2. The van der Waals surface area contributed by atoms with Gasteiger partial charge in [0.2, 0.25) is 0 Å². The van der Waals surface area contributed by atoms with E-state index in [4.69, 9.17) is 9.47 Å². The minimum Gasteiger partial charge on any atom is -0.486 e. The smallest absolute Gasteiger partial charge is 0.321 e. The molecule has 2 aliphatic heterocycles. The van der Waals surface area contributed by atoms with E-state index in [0.29, 0.717) is 36.9 Å². The van der Waals surface area contributed by atoms with E-state index in [1.807, 2.05) is 12.1 Å². The fraction of sp³-hybridized carbons (Fsp3) is 0.409. The molecule has 0 aliphatic carbocycles. The fourth-order valence-corrected chi connectivity index (χ4v) is 3.65. The third-order valence-corrected chi connectivity index (χ3v) is 5.22. The van der Waals surface area contributed by atoms with E-state index in [-0.39, 0.29) is 6.03 Å². The van der Waals surface area contributed by atoms with E-state index < -0.39 is 0 Å². The lowest BCUT2D eigenvalue weighted by Crippen LogP contribution is -2.31. The van der Waals surface area contributed by atoms with Crippen molar-refractivity contribution in [3.63, 3.8) is 0 Å². The van der Waals surface area contributed by atoms with Crippen LogP contribution in [0.5, 0.6) is 11.5 Å². The van der Waals surface area contributed by atoms with Gasteiger partial charge in [-0.25, -0.2) is 4.79 Å². The summed E-state index contributed by atoms with van der Waals surface area (Å²) in [4.78, 5) is 16.6. The SMILES string of the molecule is CN(Cc1ccc(N2CCCCC2)cc1)C(=O)Nc1ccc2c(c1)OCCO2. The highest BCUT2D eigenvalue weighted by molar-refractivity contribution is 5.89. The molecule has 28 heavy (non-hydrogen) atoms. The predicted molar refractivity (Wildman–Crippen MR) is 110 cm³/mol. The molecule has 0 aromatic heterocycles. The number of benzene rings is 2. The van der Waals surface area contributed by atoms with Crippen LogP contribution in [0.1, 0.15) is 24.8 Å². The van der Waals surface area contributed by atoms with Crippen molar-refractivity contribution >= 4 is 17.4 Å². The topological polar surface area (TPSA) is 54.0 Å². The van der Waals surface area contributed by atoms with Crippen molar-refractivity contribution in [2.75, 3.05) is 43.6 Å². The van der Waals surface area contributed by atoms with Crippen LogP contribution in [0, 0.1) is 0 Å². The molecule has 0 saturated carbocycles. The van der Waals surface area contributed by atoms with Gasteiger partial charge in [-0.15, -0.1) is 0 Å². The Morgan fingerprint density at radius 3 is 2.46 bits per heavy atom. The van der Waals surface area contributed by atoms with Crippen LogP contribution in [-0.4, -0.2) is 44.3 Å². The van der Waals surface area contributed by atoms with E-state index in [2.05, 4.69) is 34.5 Å². The molecule has 1 fully saturated rings. The van der Waals surface area contributed by atoms with Gasteiger partial charge in [0.1, 0.15) is 13.2 Å². The quantitative estimate of drug-likeness (QED) is 0.866. The van der Waals surface area contributed by atoms with E-state index in [1.165, 1.54) is 24.9 Å². The fourth-order valence-electron chi connectivity index (χ4n) is 3.65. The van der Waals surface area contributed by atoms with Crippen LogP contribution >= 0.6 is 0 Å². The van der Waals surface area contributed by atoms with Crippen LogP contribution < -0.4 is 19.7 Å². The molecule has 6 heteroatoms. The zero-order valence-electron chi connectivity index (χ0n) is 16.3. The van der Waals surface area contributed by atoms with Gasteiger partial charge in [0.05, 0.1) is 0 Å². The number of hydrogen-bond acceptors (Lipinski definition) is 4. The number of nitrogens with zero attached hydrogens (tertiary/aromatic N) is 2. The average Bonchev–Trinajstić information content (AvgIpc) is 2.75. The molecule has 4 rings (SSSR count). The Bertz CT molecular complexity index is 816. The molecule has 0 bridgehead atoms. The lowest BCUT2D eigenvalue weighted by molar-refractivity contribution is 0.171. The molecular formula is C22H27N3O3. The standard InChI is InChI=1S/C22H27N3O3/c1-24(16-17-5-8-19(9-6-17)25-11-3-2-4-12-25)22(26)23-18-7-10-20-21(15-18)28-14-13-27-20/h5-10,15H,2-4,11-14,16H2,1H3,(H,23,26). The van der Waals surface area contributed by atoms with E-state index in [0.717, 1.165) is 18.7 Å². The van der Waals surface area contributed by atoms with Crippen molar-refractivity contribution in [1.29, 1.82) is 0 Å². The maximum atomic E-state index is 12.5. The average molecular weight is 381 g/mol. The van der Waals surface area contributed by atoms with E-state index in [9.17, 15) is 4.79 Å². The highest BCUT2D eigenvalue weighted by Gasteiger charge is 2.15. The first-order valence-electron chi connectivity index (χ1n) is 9.95. The number of nitrogens with one attached hydrogen (secondary N) is 1. The van der Waals surface area contributed by atoms with Crippen LogP contribution in [0.15, 0.2) is 42.5 Å². The Morgan fingerprint density at radius 1 is 1.00 bits per heavy atom. The summed E-state index contributed by atoms with van der Waals surface area (Å²) in [5.74, 6) is 1.38.